The predicted octanol–water partition coefficient (Wildman–Crippen LogP) is 1.04. The molecule has 31 heavy (non-hydrogen) atoms. The van der Waals surface area contributed by atoms with Crippen molar-refractivity contribution < 1.29 is 53.8 Å². The number of methoxy groups -OCH3 is 1. The number of carboxylic acids is 3. The maximum Gasteiger partial charge on any atom is 0.336 e. The van der Waals surface area contributed by atoms with Crippen molar-refractivity contribution in [1.29, 1.82) is 0 Å². The topological polar surface area (TPSA) is 177 Å². The number of esters is 1. The zero-order valence-corrected chi connectivity index (χ0v) is 17.1. The van der Waals surface area contributed by atoms with Crippen molar-refractivity contribution in [3.05, 3.63) is 35.9 Å². The average molecular weight is 442 g/mol. The molecule has 0 fully saturated rings. The molecule has 0 atom stereocenters. The second-order valence-electron chi connectivity index (χ2n) is 5.95. The maximum atomic E-state index is 11.3. The number of carbonyl (C=O) groups is 4. The molecule has 0 spiro atoms. The van der Waals surface area contributed by atoms with Crippen LogP contribution in [-0.2, 0) is 28.7 Å². The van der Waals surface area contributed by atoms with Crippen molar-refractivity contribution in [3.8, 4) is 5.75 Å². The number of rotatable bonds is 12. The van der Waals surface area contributed by atoms with Crippen LogP contribution in [0.15, 0.2) is 30.3 Å². The minimum Gasteiger partial charge on any atom is -0.497 e. The van der Waals surface area contributed by atoms with E-state index in [1.807, 2.05) is 31.2 Å². The molecule has 0 radical (unpaired) electrons. The summed E-state index contributed by atoms with van der Waals surface area (Å²) >= 11 is 0. The highest BCUT2D eigenvalue weighted by molar-refractivity contribution is 5.88. The zero-order chi connectivity index (χ0) is 23.9. The molecular formula is C20H26O11. The van der Waals surface area contributed by atoms with Crippen LogP contribution in [0.3, 0.4) is 0 Å². The molecule has 4 N–H and O–H groups in total. The number of benzene rings is 1. The Kier molecular flexibility index (Phi) is 12.9. The Morgan fingerprint density at radius 1 is 0.968 bits per heavy atom. The molecule has 0 amide bonds. The van der Waals surface area contributed by atoms with Crippen LogP contribution in [0.2, 0.25) is 0 Å². The van der Waals surface area contributed by atoms with Gasteiger partial charge in [-0.25, -0.2) is 9.59 Å². The van der Waals surface area contributed by atoms with Gasteiger partial charge >= 0.3 is 23.9 Å². The minimum absolute atomic E-state index is 0.277. The van der Waals surface area contributed by atoms with Crippen LogP contribution >= 0.6 is 0 Å². The van der Waals surface area contributed by atoms with E-state index in [9.17, 15) is 19.2 Å². The molecule has 0 saturated carbocycles. The summed E-state index contributed by atoms with van der Waals surface area (Å²) in [6.45, 7) is 3.23. The number of aliphatic carboxylic acids is 3. The molecule has 11 heteroatoms. The SMILES string of the molecule is CCOCCOC(=O)/C=C/c1ccc(OC)cc1.O=C(O)CC(O)(CC(=O)O)C(=O)O. The van der Waals surface area contributed by atoms with E-state index in [2.05, 4.69) is 0 Å². The van der Waals surface area contributed by atoms with Crippen molar-refractivity contribution in [3.63, 3.8) is 0 Å². The smallest absolute Gasteiger partial charge is 0.336 e. The molecule has 0 saturated heterocycles. The Morgan fingerprint density at radius 2 is 1.52 bits per heavy atom. The summed E-state index contributed by atoms with van der Waals surface area (Å²) in [5.74, 6) is -4.61. The zero-order valence-electron chi connectivity index (χ0n) is 17.1. The van der Waals surface area contributed by atoms with Gasteiger partial charge in [-0.05, 0) is 30.7 Å². The summed E-state index contributed by atoms with van der Waals surface area (Å²) < 4.78 is 15.0. The van der Waals surface area contributed by atoms with E-state index >= 15 is 0 Å². The molecule has 1 rings (SSSR count). The fourth-order valence-electron chi connectivity index (χ4n) is 1.99. The molecule has 172 valence electrons. The highest BCUT2D eigenvalue weighted by atomic mass is 16.6. The highest BCUT2D eigenvalue weighted by Crippen LogP contribution is 2.15. The lowest BCUT2D eigenvalue weighted by Crippen LogP contribution is -2.42. The quantitative estimate of drug-likeness (QED) is 0.206. The van der Waals surface area contributed by atoms with Crippen LogP contribution in [0.1, 0.15) is 25.3 Å². The van der Waals surface area contributed by atoms with E-state index in [1.165, 1.54) is 6.08 Å². The van der Waals surface area contributed by atoms with Crippen molar-refractivity contribution in [2.24, 2.45) is 0 Å². The standard InChI is InChI=1S/C14H18O4.C6H8O7/c1-3-17-10-11-18-14(15)9-6-12-4-7-13(16-2)8-5-12;7-3(8)1-6(13,5(11)12)2-4(9)10/h4-9H,3,10-11H2,1-2H3;13H,1-2H2,(H,7,8)(H,9,10)(H,11,12)/b9-6+;. The Hall–Kier alpha value is -3.44. The van der Waals surface area contributed by atoms with Gasteiger partial charge in [-0.3, -0.25) is 9.59 Å². The van der Waals surface area contributed by atoms with Gasteiger partial charge in [0.15, 0.2) is 5.60 Å². The number of aliphatic hydroxyl groups is 1. The second-order valence-corrected chi connectivity index (χ2v) is 5.95. The minimum atomic E-state index is -2.74. The lowest BCUT2D eigenvalue weighted by Gasteiger charge is -2.18. The van der Waals surface area contributed by atoms with E-state index in [0.717, 1.165) is 11.3 Å². The summed E-state index contributed by atoms with van der Waals surface area (Å²) in [5.41, 5.74) is -1.82. The first kappa shape index (κ1) is 27.6. The monoisotopic (exact) mass is 442 g/mol. The molecule has 0 aromatic heterocycles. The van der Waals surface area contributed by atoms with Gasteiger partial charge in [0.05, 0.1) is 26.6 Å². The van der Waals surface area contributed by atoms with E-state index < -0.39 is 36.4 Å². The molecule has 0 heterocycles. The van der Waals surface area contributed by atoms with Crippen LogP contribution < -0.4 is 4.74 Å². The first-order chi connectivity index (χ1) is 14.5. The van der Waals surface area contributed by atoms with Crippen LogP contribution in [0, 0.1) is 0 Å². The van der Waals surface area contributed by atoms with Crippen molar-refractivity contribution in [2.45, 2.75) is 25.4 Å². The van der Waals surface area contributed by atoms with Crippen molar-refractivity contribution in [1.82, 2.24) is 0 Å². The molecule has 1 aromatic carbocycles. The Morgan fingerprint density at radius 3 is 1.94 bits per heavy atom. The second kappa shape index (κ2) is 14.5. The maximum absolute atomic E-state index is 11.3. The number of carboxylic acid groups (broad SMARTS) is 3. The summed E-state index contributed by atoms with van der Waals surface area (Å²) in [7, 11) is 1.61. The van der Waals surface area contributed by atoms with Crippen LogP contribution in [0.25, 0.3) is 6.08 Å². The van der Waals surface area contributed by atoms with E-state index in [-0.39, 0.29) is 12.6 Å². The number of ether oxygens (including phenoxy) is 3. The third-order valence-corrected chi connectivity index (χ3v) is 3.49. The first-order valence-electron chi connectivity index (χ1n) is 9.00. The summed E-state index contributed by atoms with van der Waals surface area (Å²) in [6.07, 6.45) is 0.805. The van der Waals surface area contributed by atoms with Crippen molar-refractivity contribution >= 4 is 30.0 Å². The van der Waals surface area contributed by atoms with Gasteiger partial charge in [-0.1, -0.05) is 12.1 Å². The molecule has 11 nitrogen and oxygen atoms in total. The van der Waals surface area contributed by atoms with Gasteiger partial charge in [0.1, 0.15) is 12.4 Å². The lowest BCUT2D eigenvalue weighted by molar-refractivity contribution is -0.170. The van der Waals surface area contributed by atoms with Crippen LogP contribution in [0.4, 0.5) is 0 Å². The van der Waals surface area contributed by atoms with Gasteiger partial charge < -0.3 is 34.6 Å². The average Bonchev–Trinajstić information content (AvgIpc) is 2.69. The highest BCUT2D eigenvalue weighted by Gasteiger charge is 2.40. The molecule has 0 aliphatic rings. The fourth-order valence-corrected chi connectivity index (χ4v) is 1.99. The summed E-state index contributed by atoms with van der Waals surface area (Å²) in [5, 5.41) is 33.8. The Balaban J connectivity index is 0.000000615. The summed E-state index contributed by atoms with van der Waals surface area (Å²) in [6, 6.07) is 7.39. The van der Waals surface area contributed by atoms with Gasteiger partial charge in [0.25, 0.3) is 0 Å². The molecule has 1 aromatic rings. The number of hydrogen-bond acceptors (Lipinski definition) is 8. The third-order valence-electron chi connectivity index (χ3n) is 3.49. The van der Waals surface area contributed by atoms with E-state index in [0.29, 0.717) is 13.2 Å². The third kappa shape index (κ3) is 12.7. The fraction of sp³-hybridized carbons (Fsp3) is 0.400. The molecule has 0 aliphatic carbocycles. The molecule has 0 unspecified atom stereocenters. The van der Waals surface area contributed by atoms with E-state index in [4.69, 9.17) is 34.6 Å². The normalized spacial score (nSPS) is 10.7. The lowest BCUT2D eigenvalue weighted by atomic mass is 9.96. The largest absolute Gasteiger partial charge is 0.497 e. The first-order valence-corrected chi connectivity index (χ1v) is 9.00. The summed E-state index contributed by atoms with van der Waals surface area (Å²) in [4.78, 5) is 41.8. The molecule has 0 bridgehead atoms. The van der Waals surface area contributed by atoms with Gasteiger partial charge in [0, 0.05) is 12.7 Å². The Labute approximate surface area is 178 Å². The number of carbonyl (C=O) groups excluding carboxylic acids is 1. The van der Waals surface area contributed by atoms with Gasteiger partial charge in [0.2, 0.25) is 0 Å². The van der Waals surface area contributed by atoms with Crippen molar-refractivity contribution in [2.75, 3.05) is 26.9 Å². The Bertz CT molecular complexity index is 737. The number of hydrogen-bond donors (Lipinski definition) is 4. The van der Waals surface area contributed by atoms with Crippen LogP contribution in [0.5, 0.6) is 5.75 Å². The van der Waals surface area contributed by atoms with Gasteiger partial charge in [-0.2, -0.15) is 0 Å². The van der Waals surface area contributed by atoms with Crippen LogP contribution in [-0.4, -0.2) is 76.8 Å². The van der Waals surface area contributed by atoms with E-state index in [1.54, 1.807) is 13.2 Å². The molecular weight excluding hydrogens is 416 g/mol. The predicted molar refractivity (Wildman–Crippen MR) is 107 cm³/mol. The molecule has 0 aliphatic heterocycles. The van der Waals surface area contributed by atoms with Gasteiger partial charge in [-0.15, -0.1) is 0 Å².